The summed E-state index contributed by atoms with van der Waals surface area (Å²) < 4.78 is 0. The van der Waals surface area contributed by atoms with E-state index in [-0.39, 0.29) is 0 Å². The van der Waals surface area contributed by atoms with Crippen molar-refractivity contribution in [2.75, 3.05) is 26.7 Å². The van der Waals surface area contributed by atoms with Crippen LogP contribution in [0.15, 0.2) is 12.4 Å². The Balaban J connectivity index is 1.84. The Bertz CT molecular complexity index is 352. The standard InChI is InChI=1S/C12H19ClN4/c1-17(8-10-2-4-14-5-3-10)9-11-12(13)16-7-6-15-11/h6-7,10,14H,2-5,8-9H2,1H3. The molecule has 0 atom stereocenters. The number of nitrogens with zero attached hydrogens (tertiary/aromatic N) is 3. The fraction of sp³-hybridized carbons (Fsp3) is 0.667. The third-order valence-electron chi connectivity index (χ3n) is 3.17. The van der Waals surface area contributed by atoms with E-state index in [0.717, 1.165) is 37.8 Å². The normalized spacial score (nSPS) is 17.6. The van der Waals surface area contributed by atoms with Crippen molar-refractivity contribution < 1.29 is 0 Å². The third kappa shape index (κ3) is 3.91. The Hall–Kier alpha value is -0.710. The van der Waals surface area contributed by atoms with Gasteiger partial charge < -0.3 is 10.2 Å². The molecule has 0 amide bonds. The van der Waals surface area contributed by atoms with Crippen LogP contribution in [0.25, 0.3) is 0 Å². The first-order chi connectivity index (χ1) is 8.25. The lowest BCUT2D eigenvalue weighted by molar-refractivity contribution is 0.232. The largest absolute Gasteiger partial charge is 0.317 e. The van der Waals surface area contributed by atoms with Crippen LogP contribution in [0.4, 0.5) is 0 Å². The SMILES string of the molecule is CN(Cc1nccnc1Cl)CC1CCNCC1. The van der Waals surface area contributed by atoms with Crippen molar-refractivity contribution >= 4 is 11.6 Å². The summed E-state index contributed by atoms with van der Waals surface area (Å²) in [6, 6.07) is 0. The summed E-state index contributed by atoms with van der Waals surface area (Å²) in [5, 5.41) is 3.90. The Morgan fingerprint density at radius 2 is 2.06 bits per heavy atom. The lowest BCUT2D eigenvalue weighted by atomic mass is 9.98. The van der Waals surface area contributed by atoms with Crippen molar-refractivity contribution in [3.05, 3.63) is 23.2 Å². The first-order valence-electron chi connectivity index (χ1n) is 6.10. The van der Waals surface area contributed by atoms with E-state index in [0.29, 0.717) is 5.15 Å². The van der Waals surface area contributed by atoms with E-state index in [1.54, 1.807) is 12.4 Å². The van der Waals surface area contributed by atoms with Gasteiger partial charge in [0.15, 0.2) is 5.15 Å². The summed E-state index contributed by atoms with van der Waals surface area (Å²) in [6.45, 7) is 4.17. The van der Waals surface area contributed by atoms with E-state index in [1.165, 1.54) is 12.8 Å². The Labute approximate surface area is 107 Å². The van der Waals surface area contributed by atoms with Crippen molar-refractivity contribution in [3.8, 4) is 0 Å². The summed E-state index contributed by atoms with van der Waals surface area (Å²) in [4.78, 5) is 10.6. The van der Waals surface area contributed by atoms with Gasteiger partial charge in [-0.15, -0.1) is 0 Å². The third-order valence-corrected chi connectivity index (χ3v) is 3.49. The van der Waals surface area contributed by atoms with Gasteiger partial charge in [-0.25, -0.2) is 4.98 Å². The van der Waals surface area contributed by atoms with Crippen LogP contribution in [0.5, 0.6) is 0 Å². The molecule has 0 saturated carbocycles. The van der Waals surface area contributed by atoms with Gasteiger partial charge in [0.1, 0.15) is 0 Å². The molecule has 0 radical (unpaired) electrons. The fourth-order valence-electron chi connectivity index (χ4n) is 2.28. The van der Waals surface area contributed by atoms with Crippen LogP contribution < -0.4 is 5.32 Å². The van der Waals surface area contributed by atoms with E-state index in [9.17, 15) is 0 Å². The number of aromatic nitrogens is 2. The van der Waals surface area contributed by atoms with Crippen LogP contribution in [0.1, 0.15) is 18.5 Å². The number of piperidine rings is 1. The number of rotatable bonds is 4. The molecule has 1 aliphatic heterocycles. The Kier molecular flexibility index (Phi) is 4.71. The zero-order valence-corrected chi connectivity index (χ0v) is 11.0. The molecule has 5 heteroatoms. The highest BCUT2D eigenvalue weighted by Gasteiger charge is 2.16. The smallest absolute Gasteiger partial charge is 0.151 e. The highest BCUT2D eigenvalue weighted by molar-refractivity contribution is 6.29. The molecule has 0 unspecified atom stereocenters. The lowest BCUT2D eigenvalue weighted by Crippen LogP contribution is -2.34. The maximum atomic E-state index is 6.00. The Morgan fingerprint density at radius 1 is 1.35 bits per heavy atom. The number of hydrogen-bond acceptors (Lipinski definition) is 4. The molecular formula is C12H19ClN4. The molecule has 0 bridgehead atoms. The second kappa shape index (κ2) is 6.28. The summed E-state index contributed by atoms with van der Waals surface area (Å²) in [5.41, 5.74) is 0.866. The van der Waals surface area contributed by atoms with E-state index >= 15 is 0 Å². The first kappa shape index (κ1) is 12.7. The van der Waals surface area contributed by atoms with E-state index in [1.807, 2.05) is 0 Å². The summed E-state index contributed by atoms with van der Waals surface area (Å²) >= 11 is 6.00. The second-order valence-corrected chi connectivity index (χ2v) is 5.04. The van der Waals surface area contributed by atoms with Gasteiger partial charge >= 0.3 is 0 Å². The van der Waals surface area contributed by atoms with Gasteiger partial charge in [-0.1, -0.05) is 11.6 Å². The summed E-state index contributed by atoms with van der Waals surface area (Å²) in [5.74, 6) is 0.789. The van der Waals surface area contributed by atoms with Crippen molar-refractivity contribution in [1.29, 1.82) is 0 Å². The van der Waals surface area contributed by atoms with E-state index in [2.05, 4.69) is 27.2 Å². The van der Waals surface area contributed by atoms with Gasteiger partial charge in [0.05, 0.1) is 5.69 Å². The van der Waals surface area contributed by atoms with Gasteiger partial charge in [0.25, 0.3) is 0 Å². The topological polar surface area (TPSA) is 41.1 Å². The molecule has 2 rings (SSSR count). The molecule has 0 aromatic carbocycles. The van der Waals surface area contributed by atoms with Gasteiger partial charge in [-0.3, -0.25) is 4.98 Å². The minimum absolute atomic E-state index is 0.518. The monoisotopic (exact) mass is 254 g/mol. The highest BCUT2D eigenvalue weighted by Crippen LogP contribution is 2.15. The van der Waals surface area contributed by atoms with Gasteiger partial charge in [-0.2, -0.15) is 0 Å². The molecule has 0 spiro atoms. The summed E-state index contributed by atoms with van der Waals surface area (Å²) in [7, 11) is 2.12. The number of halogens is 1. The molecule has 1 aromatic heterocycles. The lowest BCUT2D eigenvalue weighted by Gasteiger charge is -2.27. The maximum Gasteiger partial charge on any atom is 0.151 e. The predicted molar refractivity (Wildman–Crippen MR) is 69.0 cm³/mol. The molecule has 1 aliphatic rings. The molecule has 1 saturated heterocycles. The number of nitrogens with one attached hydrogen (secondary N) is 1. The van der Waals surface area contributed by atoms with Crippen molar-refractivity contribution in [2.45, 2.75) is 19.4 Å². The van der Waals surface area contributed by atoms with Crippen LogP contribution in [-0.2, 0) is 6.54 Å². The van der Waals surface area contributed by atoms with Crippen LogP contribution in [0.2, 0.25) is 5.15 Å². The highest BCUT2D eigenvalue weighted by atomic mass is 35.5. The molecule has 2 heterocycles. The average Bonchev–Trinajstić information content (AvgIpc) is 2.33. The minimum atomic E-state index is 0.518. The van der Waals surface area contributed by atoms with E-state index < -0.39 is 0 Å². The molecule has 4 nitrogen and oxygen atoms in total. The van der Waals surface area contributed by atoms with Gasteiger partial charge in [0.2, 0.25) is 0 Å². The van der Waals surface area contributed by atoms with Crippen molar-refractivity contribution in [1.82, 2.24) is 20.2 Å². The fourth-order valence-corrected chi connectivity index (χ4v) is 2.45. The van der Waals surface area contributed by atoms with Crippen LogP contribution in [-0.4, -0.2) is 41.5 Å². The van der Waals surface area contributed by atoms with Crippen LogP contribution in [0.3, 0.4) is 0 Å². The minimum Gasteiger partial charge on any atom is -0.317 e. The molecule has 1 fully saturated rings. The average molecular weight is 255 g/mol. The quantitative estimate of drug-likeness (QED) is 0.886. The molecule has 17 heavy (non-hydrogen) atoms. The second-order valence-electron chi connectivity index (χ2n) is 4.68. The van der Waals surface area contributed by atoms with Crippen LogP contribution in [0, 0.1) is 5.92 Å². The molecule has 1 aromatic rings. The van der Waals surface area contributed by atoms with Crippen molar-refractivity contribution in [2.24, 2.45) is 5.92 Å². The maximum absolute atomic E-state index is 6.00. The van der Waals surface area contributed by atoms with Gasteiger partial charge in [0, 0.05) is 25.5 Å². The Morgan fingerprint density at radius 3 is 2.76 bits per heavy atom. The van der Waals surface area contributed by atoms with E-state index in [4.69, 9.17) is 11.6 Å². The molecule has 94 valence electrons. The zero-order chi connectivity index (χ0) is 12.1. The van der Waals surface area contributed by atoms with Crippen molar-refractivity contribution in [3.63, 3.8) is 0 Å². The van der Waals surface area contributed by atoms with Crippen LogP contribution >= 0.6 is 11.6 Å². The molecule has 1 N–H and O–H groups in total. The molecule has 0 aliphatic carbocycles. The zero-order valence-electron chi connectivity index (χ0n) is 10.2. The summed E-state index contributed by atoms with van der Waals surface area (Å²) in [6.07, 6.45) is 5.84. The molecular weight excluding hydrogens is 236 g/mol. The number of hydrogen-bond donors (Lipinski definition) is 1. The first-order valence-corrected chi connectivity index (χ1v) is 6.48. The van der Waals surface area contributed by atoms with Gasteiger partial charge in [-0.05, 0) is 38.9 Å². The predicted octanol–water partition coefficient (Wildman–Crippen LogP) is 1.56.